The number of ether oxygens (including phenoxy) is 1. The summed E-state index contributed by atoms with van der Waals surface area (Å²) in [5.41, 5.74) is 3.73. The first-order valence-corrected chi connectivity index (χ1v) is 8.13. The first kappa shape index (κ1) is 15.5. The molecule has 1 spiro atoms. The number of carboxylic acid groups (broad SMARTS) is 1. The molecule has 1 heterocycles. The van der Waals surface area contributed by atoms with Gasteiger partial charge in [0.05, 0.1) is 11.5 Å². The van der Waals surface area contributed by atoms with Gasteiger partial charge in [-0.15, -0.1) is 0 Å². The van der Waals surface area contributed by atoms with Crippen molar-refractivity contribution in [1.82, 2.24) is 5.32 Å². The molecule has 120 valence electrons. The number of carbonyl (C=O) groups is 1. The molecule has 1 saturated heterocycles. The molecule has 4 nitrogen and oxygen atoms in total. The molecular weight excluding hydrogens is 278 g/mol. The number of hydrogen-bond donors (Lipinski definition) is 2. The maximum Gasteiger partial charge on any atom is 0.306 e. The third-order valence-electron chi connectivity index (χ3n) is 4.96. The van der Waals surface area contributed by atoms with Gasteiger partial charge in [0.1, 0.15) is 0 Å². The Balaban J connectivity index is 1.54. The van der Waals surface area contributed by atoms with Gasteiger partial charge in [0.2, 0.25) is 0 Å². The largest absolute Gasteiger partial charge is 0.481 e. The lowest BCUT2D eigenvalue weighted by atomic mass is 9.66. The number of benzene rings is 1. The fourth-order valence-corrected chi connectivity index (χ4v) is 3.93. The summed E-state index contributed by atoms with van der Waals surface area (Å²) in [4.78, 5) is 11.0. The molecule has 0 aromatic heterocycles. The minimum Gasteiger partial charge on any atom is -0.481 e. The molecule has 22 heavy (non-hydrogen) atoms. The second-order valence-corrected chi connectivity index (χ2v) is 7.04. The lowest BCUT2D eigenvalue weighted by molar-refractivity contribution is -0.181. The van der Waals surface area contributed by atoms with Crippen molar-refractivity contribution in [2.75, 3.05) is 6.61 Å². The van der Waals surface area contributed by atoms with Crippen LogP contribution in [0.2, 0.25) is 0 Å². The molecular formula is C18H25NO3. The summed E-state index contributed by atoms with van der Waals surface area (Å²) in [6.45, 7) is 5.85. The molecule has 1 aliphatic carbocycles. The van der Waals surface area contributed by atoms with Gasteiger partial charge in [-0.3, -0.25) is 4.79 Å². The summed E-state index contributed by atoms with van der Waals surface area (Å²) in [5.74, 6) is -0.891. The number of carboxylic acids is 1. The van der Waals surface area contributed by atoms with E-state index in [1.807, 2.05) is 0 Å². The lowest BCUT2D eigenvalue weighted by Gasteiger charge is -2.50. The van der Waals surface area contributed by atoms with Gasteiger partial charge in [-0.1, -0.05) is 29.3 Å². The van der Waals surface area contributed by atoms with Crippen LogP contribution in [0.4, 0.5) is 0 Å². The summed E-state index contributed by atoms with van der Waals surface area (Å²) < 4.78 is 5.90. The smallest absolute Gasteiger partial charge is 0.306 e. The summed E-state index contributed by atoms with van der Waals surface area (Å²) in [7, 11) is 0. The van der Waals surface area contributed by atoms with E-state index in [-0.39, 0.29) is 11.5 Å². The number of aryl methyl sites for hydroxylation is 2. The van der Waals surface area contributed by atoms with Gasteiger partial charge < -0.3 is 15.2 Å². The fourth-order valence-electron chi connectivity index (χ4n) is 3.93. The Morgan fingerprint density at radius 2 is 1.95 bits per heavy atom. The SMILES string of the molecule is Cc1cc(C)cc(CNC2CCOC3(C2)CC(C(=O)O)C3)c1. The Hall–Kier alpha value is -1.39. The average molecular weight is 303 g/mol. The van der Waals surface area contributed by atoms with Crippen LogP contribution < -0.4 is 5.32 Å². The highest BCUT2D eigenvalue weighted by Gasteiger charge is 2.50. The highest BCUT2D eigenvalue weighted by molar-refractivity contribution is 5.71. The molecule has 1 aliphatic heterocycles. The van der Waals surface area contributed by atoms with Crippen LogP contribution in [0.1, 0.15) is 42.4 Å². The highest BCUT2D eigenvalue weighted by Crippen LogP contribution is 2.46. The predicted molar refractivity (Wildman–Crippen MR) is 84.8 cm³/mol. The number of rotatable bonds is 4. The Bertz CT molecular complexity index is 543. The molecule has 1 unspecified atom stereocenters. The number of hydrogen-bond acceptors (Lipinski definition) is 3. The second kappa shape index (κ2) is 6.01. The topological polar surface area (TPSA) is 58.6 Å². The van der Waals surface area contributed by atoms with E-state index in [2.05, 4.69) is 37.4 Å². The first-order chi connectivity index (χ1) is 10.5. The highest BCUT2D eigenvalue weighted by atomic mass is 16.5. The van der Waals surface area contributed by atoms with Crippen LogP contribution in [0.25, 0.3) is 0 Å². The Morgan fingerprint density at radius 1 is 1.27 bits per heavy atom. The zero-order chi connectivity index (χ0) is 15.7. The molecule has 1 atom stereocenters. The molecule has 2 aliphatic rings. The second-order valence-electron chi connectivity index (χ2n) is 7.04. The van der Waals surface area contributed by atoms with Crippen LogP contribution in [-0.2, 0) is 16.1 Å². The van der Waals surface area contributed by atoms with Gasteiger partial charge in [0.15, 0.2) is 0 Å². The molecule has 0 bridgehead atoms. The third kappa shape index (κ3) is 3.33. The van der Waals surface area contributed by atoms with Crippen molar-refractivity contribution in [1.29, 1.82) is 0 Å². The zero-order valence-electron chi connectivity index (χ0n) is 13.4. The minimum absolute atomic E-state index is 0.179. The molecule has 1 aromatic carbocycles. The van der Waals surface area contributed by atoms with Gasteiger partial charge in [-0.05, 0) is 45.1 Å². The summed E-state index contributed by atoms with van der Waals surface area (Å²) in [5, 5.41) is 12.7. The van der Waals surface area contributed by atoms with Crippen molar-refractivity contribution in [3.8, 4) is 0 Å². The van der Waals surface area contributed by atoms with Crippen molar-refractivity contribution in [2.45, 2.75) is 57.7 Å². The van der Waals surface area contributed by atoms with Crippen LogP contribution in [-0.4, -0.2) is 29.3 Å². The lowest BCUT2D eigenvalue weighted by Crippen LogP contribution is -2.55. The van der Waals surface area contributed by atoms with Crippen molar-refractivity contribution >= 4 is 5.97 Å². The Labute approximate surface area is 131 Å². The average Bonchev–Trinajstić information content (AvgIpc) is 2.41. The zero-order valence-corrected chi connectivity index (χ0v) is 13.4. The van der Waals surface area contributed by atoms with Gasteiger partial charge in [0.25, 0.3) is 0 Å². The summed E-state index contributed by atoms with van der Waals surface area (Å²) in [6, 6.07) is 7.05. The maximum atomic E-state index is 11.0. The molecule has 0 amide bonds. The Kier molecular flexibility index (Phi) is 4.24. The summed E-state index contributed by atoms with van der Waals surface area (Å²) >= 11 is 0. The number of aliphatic carboxylic acids is 1. The minimum atomic E-state index is -0.681. The van der Waals surface area contributed by atoms with E-state index in [9.17, 15) is 4.79 Å². The van der Waals surface area contributed by atoms with Crippen molar-refractivity contribution in [3.63, 3.8) is 0 Å². The normalized spacial score (nSPS) is 31.0. The molecule has 1 saturated carbocycles. The molecule has 2 fully saturated rings. The standard InChI is InChI=1S/C18H25NO3/c1-12-5-13(2)7-14(6-12)11-19-16-3-4-22-18(10-16)8-15(9-18)17(20)21/h5-7,15-16,19H,3-4,8-11H2,1-2H3,(H,20,21). The monoisotopic (exact) mass is 303 g/mol. The maximum absolute atomic E-state index is 11.0. The molecule has 0 radical (unpaired) electrons. The first-order valence-electron chi connectivity index (χ1n) is 8.13. The fraction of sp³-hybridized carbons (Fsp3) is 0.611. The van der Waals surface area contributed by atoms with E-state index in [4.69, 9.17) is 9.84 Å². The van der Waals surface area contributed by atoms with E-state index >= 15 is 0 Å². The van der Waals surface area contributed by atoms with Crippen LogP contribution in [0.15, 0.2) is 18.2 Å². The predicted octanol–water partition coefficient (Wildman–Crippen LogP) is 2.81. The van der Waals surface area contributed by atoms with Crippen molar-refractivity contribution in [2.24, 2.45) is 5.92 Å². The Morgan fingerprint density at radius 3 is 2.59 bits per heavy atom. The van der Waals surface area contributed by atoms with E-state index in [0.717, 1.165) is 26.0 Å². The molecule has 2 N–H and O–H groups in total. The van der Waals surface area contributed by atoms with Gasteiger partial charge in [-0.25, -0.2) is 0 Å². The summed E-state index contributed by atoms with van der Waals surface area (Å²) in [6.07, 6.45) is 3.28. The molecule has 3 rings (SSSR count). The van der Waals surface area contributed by atoms with E-state index in [0.29, 0.717) is 18.9 Å². The van der Waals surface area contributed by atoms with Gasteiger partial charge >= 0.3 is 5.97 Å². The van der Waals surface area contributed by atoms with Crippen molar-refractivity contribution < 1.29 is 14.6 Å². The third-order valence-corrected chi connectivity index (χ3v) is 4.96. The van der Waals surface area contributed by atoms with Crippen molar-refractivity contribution in [3.05, 3.63) is 34.9 Å². The van der Waals surface area contributed by atoms with Gasteiger partial charge in [0, 0.05) is 19.2 Å². The van der Waals surface area contributed by atoms with Crippen LogP contribution in [0.3, 0.4) is 0 Å². The van der Waals surface area contributed by atoms with Crippen LogP contribution in [0.5, 0.6) is 0 Å². The van der Waals surface area contributed by atoms with Gasteiger partial charge in [-0.2, -0.15) is 0 Å². The van der Waals surface area contributed by atoms with E-state index in [1.54, 1.807) is 0 Å². The quantitative estimate of drug-likeness (QED) is 0.898. The van der Waals surface area contributed by atoms with E-state index in [1.165, 1.54) is 16.7 Å². The molecule has 1 aromatic rings. The van der Waals surface area contributed by atoms with Crippen LogP contribution in [0, 0.1) is 19.8 Å². The van der Waals surface area contributed by atoms with E-state index < -0.39 is 5.97 Å². The number of nitrogens with one attached hydrogen (secondary N) is 1. The van der Waals surface area contributed by atoms with Crippen LogP contribution >= 0.6 is 0 Å². The molecule has 4 heteroatoms.